The molecule has 0 unspecified atom stereocenters. The van der Waals surface area contributed by atoms with Crippen LogP contribution in [0.1, 0.15) is 5.56 Å². The van der Waals surface area contributed by atoms with Gasteiger partial charge in [-0.1, -0.05) is 29.8 Å². The maximum atomic E-state index is 11.7. The number of carbonyl (C=O) groups is 1. The maximum absolute atomic E-state index is 11.7. The molecule has 2 aromatic carbocycles. The second kappa shape index (κ2) is 6.88. The zero-order valence-corrected chi connectivity index (χ0v) is 14.1. The van der Waals surface area contributed by atoms with Gasteiger partial charge in [0.05, 0.1) is 9.95 Å². The van der Waals surface area contributed by atoms with Gasteiger partial charge >= 0.3 is 5.69 Å². The first-order valence-corrected chi connectivity index (χ1v) is 7.77. The van der Waals surface area contributed by atoms with E-state index in [1.165, 1.54) is 18.2 Å². The molecule has 0 saturated carbocycles. The Kier molecular flexibility index (Phi) is 4.64. The van der Waals surface area contributed by atoms with Crippen molar-refractivity contribution in [2.24, 2.45) is 0 Å². The summed E-state index contributed by atoms with van der Waals surface area (Å²) < 4.78 is 5.55. The zero-order chi connectivity index (χ0) is 18.0. The zero-order valence-electron chi connectivity index (χ0n) is 12.5. The first kappa shape index (κ1) is 16.9. The van der Waals surface area contributed by atoms with Crippen LogP contribution in [0.2, 0.25) is 5.02 Å². The van der Waals surface area contributed by atoms with Crippen LogP contribution in [0.5, 0.6) is 11.5 Å². The first-order valence-electron chi connectivity index (χ1n) is 6.99. The molecule has 1 saturated heterocycles. The van der Waals surface area contributed by atoms with E-state index in [1.54, 1.807) is 30.3 Å². The second-order valence-corrected chi connectivity index (χ2v) is 5.80. The number of nitrogens with one attached hydrogen (secondary N) is 2. The average Bonchev–Trinajstić information content (AvgIpc) is 2.88. The quantitative estimate of drug-likeness (QED) is 0.368. The number of thiocarbonyl (C=S) groups is 1. The van der Waals surface area contributed by atoms with Gasteiger partial charge in [0.1, 0.15) is 11.4 Å². The number of benzene rings is 2. The normalized spacial score (nSPS) is 15.0. The fourth-order valence-corrected chi connectivity index (χ4v) is 2.53. The molecule has 1 heterocycles. The summed E-state index contributed by atoms with van der Waals surface area (Å²) in [5.41, 5.74) is 0.398. The van der Waals surface area contributed by atoms with Crippen molar-refractivity contribution in [1.82, 2.24) is 10.6 Å². The number of carbonyl (C=O) groups excluding carboxylic acids is 1. The van der Waals surface area contributed by atoms with Crippen LogP contribution in [0.4, 0.5) is 5.69 Å². The highest BCUT2D eigenvalue weighted by Gasteiger charge is 2.22. The minimum absolute atomic E-state index is 0.0413. The predicted octanol–water partition coefficient (Wildman–Crippen LogP) is 3.39. The van der Waals surface area contributed by atoms with Gasteiger partial charge < -0.3 is 10.1 Å². The Morgan fingerprint density at radius 2 is 1.92 bits per heavy atom. The van der Waals surface area contributed by atoms with Gasteiger partial charge in [-0.05, 0) is 42.1 Å². The van der Waals surface area contributed by atoms with Crippen LogP contribution < -0.4 is 15.4 Å². The van der Waals surface area contributed by atoms with Crippen molar-refractivity contribution in [1.29, 1.82) is 0 Å². The fourth-order valence-electron chi connectivity index (χ4n) is 2.15. The summed E-state index contributed by atoms with van der Waals surface area (Å²) in [7, 11) is 0. The predicted molar refractivity (Wildman–Crippen MR) is 96.5 cm³/mol. The summed E-state index contributed by atoms with van der Waals surface area (Å²) in [6.45, 7) is 0. The van der Waals surface area contributed by atoms with E-state index in [0.29, 0.717) is 16.3 Å². The lowest BCUT2D eigenvalue weighted by molar-refractivity contribution is -0.385. The van der Waals surface area contributed by atoms with Gasteiger partial charge in [-0.2, -0.15) is 0 Å². The van der Waals surface area contributed by atoms with Gasteiger partial charge in [-0.3, -0.25) is 20.2 Å². The van der Waals surface area contributed by atoms with Crippen molar-refractivity contribution < 1.29 is 14.5 Å². The third-order valence-electron chi connectivity index (χ3n) is 3.27. The molecule has 25 heavy (non-hydrogen) atoms. The highest BCUT2D eigenvalue weighted by Crippen LogP contribution is 2.35. The van der Waals surface area contributed by atoms with Gasteiger partial charge in [-0.25, -0.2) is 0 Å². The Hall–Kier alpha value is -2.97. The molecule has 7 nitrogen and oxygen atoms in total. The van der Waals surface area contributed by atoms with Crippen molar-refractivity contribution in [3.05, 3.63) is 68.9 Å². The van der Waals surface area contributed by atoms with Gasteiger partial charge in [0.15, 0.2) is 5.11 Å². The smallest absolute Gasteiger partial charge is 0.312 e. The number of ether oxygens (including phenoxy) is 1. The largest absolute Gasteiger partial charge is 0.449 e. The Morgan fingerprint density at radius 1 is 1.16 bits per heavy atom. The van der Waals surface area contributed by atoms with Crippen LogP contribution in [-0.2, 0) is 4.79 Å². The molecule has 0 atom stereocenters. The van der Waals surface area contributed by atoms with Crippen molar-refractivity contribution in [2.75, 3.05) is 0 Å². The van der Waals surface area contributed by atoms with Crippen molar-refractivity contribution in [2.45, 2.75) is 0 Å². The summed E-state index contributed by atoms with van der Waals surface area (Å²) in [6, 6.07) is 11.0. The summed E-state index contributed by atoms with van der Waals surface area (Å²) in [6.07, 6.45) is 1.46. The van der Waals surface area contributed by atoms with Gasteiger partial charge in [0, 0.05) is 6.07 Å². The molecule has 2 N–H and O–H groups in total. The van der Waals surface area contributed by atoms with E-state index >= 15 is 0 Å². The summed E-state index contributed by atoms with van der Waals surface area (Å²) in [5.74, 6) is -0.0517. The lowest BCUT2D eigenvalue weighted by atomic mass is 10.1. The molecule has 1 amide bonds. The Labute approximate surface area is 152 Å². The molecule has 0 radical (unpaired) electrons. The van der Waals surface area contributed by atoms with E-state index in [1.807, 2.05) is 0 Å². The van der Waals surface area contributed by atoms with E-state index in [4.69, 9.17) is 28.6 Å². The number of hydrogen-bond acceptors (Lipinski definition) is 5. The molecule has 0 spiro atoms. The summed E-state index contributed by atoms with van der Waals surface area (Å²) in [4.78, 5) is 22.4. The Balaban J connectivity index is 1.95. The summed E-state index contributed by atoms with van der Waals surface area (Å²) in [5, 5.41) is 17.0. The number of halogens is 1. The lowest BCUT2D eigenvalue weighted by Gasteiger charge is -2.08. The van der Waals surface area contributed by atoms with Crippen molar-refractivity contribution in [3.63, 3.8) is 0 Å². The minimum atomic E-state index is -0.568. The molecule has 1 aliphatic rings. The monoisotopic (exact) mass is 375 g/mol. The molecule has 0 aliphatic carbocycles. The standard InChI is InChI=1S/C16H10ClN3O4S/c17-10-3-1-2-4-13(10)24-14-6-5-9(8-12(14)20(22)23)7-11-15(21)19-16(25)18-11/h1-8H,(H2,18,19,21,25). The van der Waals surface area contributed by atoms with Crippen molar-refractivity contribution >= 4 is 46.6 Å². The molecule has 9 heteroatoms. The van der Waals surface area contributed by atoms with E-state index in [-0.39, 0.29) is 22.2 Å². The average molecular weight is 376 g/mol. The van der Waals surface area contributed by atoms with Crippen LogP contribution in [-0.4, -0.2) is 15.9 Å². The highest BCUT2D eigenvalue weighted by molar-refractivity contribution is 7.80. The molecule has 0 aromatic heterocycles. The molecule has 3 rings (SSSR count). The van der Waals surface area contributed by atoms with E-state index in [9.17, 15) is 14.9 Å². The second-order valence-electron chi connectivity index (χ2n) is 4.98. The minimum Gasteiger partial charge on any atom is -0.449 e. The molecular formula is C16H10ClN3O4S. The number of nitrogens with zero attached hydrogens (tertiary/aromatic N) is 1. The number of nitro groups is 1. The fraction of sp³-hybridized carbons (Fsp3) is 0. The molecule has 1 fully saturated rings. The summed E-state index contributed by atoms with van der Waals surface area (Å²) >= 11 is 10.8. The Bertz CT molecular complexity index is 929. The number of rotatable bonds is 4. The van der Waals surface area contributed by atoms with E-state index in [0.717, 1.165) is 0 Å². The molecular weight excluding hydrogens is 366 g/mol. The molecule has 126 valence electrons. The lowest BCUT2D eigenvalue weighted by Crippen LogP contribution is -2.21. The number of nitro benzene ring substituents is 1. The van der Waals surface area contributed by atoms with E-state index < -0.39 is 10.8 Å². The Morgan fingerprint density at radius 3 is 2.56 bits per heavy atom. The first-order chi connectivity index (χ1) is 11.9. The molecule has 1 aliphatic heterocycles. The molecule has 0 bridgehead atoms. The van der Waals surface area contributed by atoms with Crippen LogP contribution in [0.25, 0.3) is 6.08 Å². The topological polar surface area (TPSA) is 93.5 Å². The van der Waals surface area contributed by atoms with Crippen LogP contribution in [0.15, 0.2) is 48.2 Å². The third kappa shape index (κ3) is 3.76. The number of para-hydroxylation sites is 1. The van der Waals surface area contributed by atoms with Crippen LogP contribution >= 0.6 is 23.8 Å². The number of amides is 1. The SMILES string of the molecule is O=C1NC(=S)NC1=Cc1ccc(Oc2ccccc2Cl)c([N+](=O)[O-])c1. The highest BCUT2D eigenvalue weighted by atomic mass is 35.5. The van der Waals surface area contributed by atoms with Gasteiger partial charge in [-0.15, -0.1) is 0 Å². The third-order valence-corrected chi connectivity index (χ3v) is 3.78. The van der Waals surface area contributed by atoms with Crippen LogP contribution in [0, 0.1) is 10.1 Å². The molecule has 2 aromatic rings. The number of hydrogen-bond donors (Lipinski definition) is 2. The van der Waals surface area contributed by atoms with Gasteiger partial charge in [0.25, 0.3) is 5.91 Å². The van der Waals surface area contributed by atoms with Crippen LogP contribution in [0.3, 0.4) is 0 Å². The van der Waals surface area contributed by atoms with Gasteiger partial charge in [0.2, 0.25) is 5.75 Å². The maximum Gasteiger partial charge on any atom is 0.312 e. The van der Waals surface area contributed by atoms with Crippen molar-refractivity contribution in [3.8, 4) is 11.5 Å². The van der Waals surface area contributed by atoms with E-state index in [2.05, 4.69) is 10.6 Å².